The Bertz CT molecular complexity index is 236. The lowest BCUT2D eigenvalue weighted by Crippen LogP contribution is -2.53. The predicted octanol–water partition coefficient (Wildman–Crippen LogP) is 2.64. The van der Waals surface area contributed by atoms with E-state index in [0.717, 1.165) is 37.2 Å². The van der Waals surface area contributed by atoms with Crippen LogP contribution < -0.4 is 0 Å². The van der Waals surface area contributed by atoms with Crippen LogP contribution in [0.15, 0.2) is 0 Å². The Labute approximate surface area is 108 Å². The molecule has 1 aliphatic heterocycles. The van der Waals surface area contributed by atoms with Gasteiger partial charge < -0.3 is 10.0 Å². The van der Waals surface area contributed by atoms with Crippen molar-refractivity contribution in [3.05, 3.63) is 0 Å². The van der Waals surface area contributed by atoms with Gasteiger partial charge in [-0.3, -0.25) is 0 Å². The number of nitrogens with zero attached hydrogens (tertiary/aromatic N) is 1. The van der Waals surface area contributed by atoms with Gasteiger partial charge in [0.05, 0.1) is 5.60 Å². The first-order valence-corrected chi connectivity index (χ1v) is 7.77. The summed E-state index contributed by atoms with van der Waals surface area (Å²) in [7, 11) is 0. The van der Waals surface area contributed by atoms with Crippen molar-refractivity contribution >= 4 is 15.9 Å². The number of rotatable bonds is 3. The maximum Gasteiger partial charge on any atom is 0.0700 e. The molecule has 0 aromatic heterocycles. The van der Waals surface area contributed by atoms with Gasteiger partial charge in [-0.05, 0) is 25.2 Å². The Morgan fingerprint density at radius 3 is 3.00 bits per heavy atom. The number of fused-ring (bicyclic) bond motifs is 1. The van der Waals surface area contributed by atoms with Crippen molar-refractivity contribution < 1.29 is 5.11 Å². The van der Waals surface area contributed by atoms with E-state index in [-0.39, 0.29) is 5.60 Å². The fraction of sp³-hybridized carbons (Fsp3) is 1.00. The molecule has 1 saturated carbocycles. The van der Waals surface area contributed by atoms with E-state index in [9.17, 15) is 5.11 Å². The van der Waals surface area contributed by atoms with Crippen molar-refractivity contribution in [3.8, 4) is 0 Å². The average Bonchev–Trinajstić information content (AvgIpc) is 2.29. The lowest BCUT2D eigenvalue weighted by atomic mass is 9.71. The molecule has 0 aromatic carbocycles. The van der Waals surface area contributed by atoms with Crippen LogP contribution in [-0.4, -0.2) is 40.6 Å². The summed E-state index contributed by atoms with van der Waals surface area (Å²) in [5, 5.41) is 11.6. The Morgan fingerprint density at radius 1 is 1.44 bits per heavy atom. The Hall–Kier alpha value is 0.400. The van der Waals surface area contributed by atoms with E-state index in [2.05, 4.69) is 27.8 Å². The molecule has 16 heavy (non-hydrogen) atoms. The summed E-state index contributed by atoms with van der Waals surface area (Å²) in [6, 6.07) is 0. The molecule has 0 amide bonds. The highest BCUT2D eigenvalue weighted by molar-refractivity contribution is 9.09. The fourth-order valence-electron chi connectivity index (χ4n) is 3.30. The van der Waals surface area contributed by atoms with Crippen molar-refractivity contribution in [1.29, 1.82) is 0 Å². The second-order valence-electron chi connectivity index (χ2n) is 5.82. The minimum absolute atomic E-state index is 0.313. The van der Waals surface area contributed by atoms with Crippen LogP contribution in [0.3, 0.4) is 0 Å². The summed E-state index contributed by atoms with van der Waals surface area (Å²) >= 11 is 3.54. The molecule has 0 aromatic rings. The van der Waals surface area contributed by atoms with Crippen LogP contribution in [0.2, 0.25) is 0 Å². The molecule has 0 spiro atoms. The van der Waals surface area contributed by atoms with Gasteiger partial charge in [0.25, 0.3) is 0 Å². The van der Waals surface area contributed by atoms with Crippen molar-refractivity contribution in [2.75, 3.05) is 25.0 Å². The monoisotopic (exact) mass is 289 g/mol. The van der Waals surface area contributed by atoms with Gasteiger partial charge in [-0.15, -0.1) is 0 Å². The molecule has 0 radical (unpaired) electrons. The minimum atomic E-state index is -0.313. The molecule has 1 N–H and O–H groups in total. The number of likely N-dealkylation sites (tertiary alicyclic amines) is 1. The molecular formula is C13H24BrNO. The van der Waals surface area contributed by atoms with Crippen LogP contribution in [0.5, 0.6) is 0 Å². The van der Waals surface area contributed by atoms with Crippen LogP contribution >= 0.6 is 15.9 Å². The van der Waals surface area contributed by atoms with Crippen LogP contribution in [0, 0.1) is 11.8 Å². The summed E-state index contributed by atoms with van der Waals surface area (Å²) in [5.74, 6) is 1.26. The fourth-order valence-corrected chi connectivity index (χ4v) is 3.50. The molecule has 3 unspecified atom stereocenters. The molecule has 2 nitrogen and oxygen atoms in total. The Kier molecular flexibility index (Phi) is 4.31. The van der Waals surface area contributed by atoms with E-state index >= 15 is 0 Å². The number of alkyl halides is 1. The van der Waals surface area contributed by atoms with Crippen molar-refractivity contribution in [3.63, 3.8) is 0 Å². The Balaban J connectivity index is 1.89. The van der Waals surface area contributed by atoms with Gasteiger partial charge in [-0.25, -0.2) is 0 Å². The van der Waals surface area contributed by atoms with E-state index in [0.29, 0.717) is 5.92 Å². The van der Waals surface area contributed by atoms with Crippen molar-refractivity contribution in [1.82, 2.24) is 4.90 Å². The molecule has 2 rings (SSSR count). The number of aliphatic hydroxyl groups is 1. The minimum Gasteiger partial charge on any atom is -0.390 e. The number of halogens is 1. The molecule has 2 fully saturated rings. The molecule has 0 bridgehead atoms. The first kappa shape index (κ1) is 12.8. The lowest BCUT2D eigenvalue weighted by molar-refractivity contribution is -0.0965. The summed E-state index contributed by atoms with van der Waals surface area (Å²) in [5.41, 5.74) is -0.313. The third-order valence-corrected chi connectivity index (χ3v) is 5.45. The van der Waals surface area contributed by atoms with Crippen LogP contribution in [-0.2, 0) is 0 Å². The highest BCUT2D eigenvalue weighted by Gasteiger charge is 2.42. The summed E-state index contributed by atoms with van der Waals surface area (Å²) in [6.07, 6.45) is 5.81. The largest absolute Gasteiger partial charge is 0.390 e. The molecular weight excluding hydrogens is 266 g/mol. The van der Waals surface area contributed by atoms with Gasteiger partial charge in [0.1, 0.15) is 0 Å². The van der Waals surface area contributed by atoms with Gasteiger partial charge in [0, 0.05) is 30.9 Å². The highest BCUT2D eigenvalue weighted by atomic mass is 79.9. The SMILES string of the molecule is CC(CBr)CN1CCC2(O)CCCCC2C1. The maximum atomic E-state index is 10.6. The third kappa shape index (κ3) is 2.80. The molecule has 3 atom stereocenters. The van der Waals surface area contributed by atoms with E-state index in [1.165, 1.54) is 25.8 Å². The molecule has 2 aliphatic rings. The average molecular weight is 290 g/mol. The quantitative estimate of drug-likeness (QED) is 0.808. The molecule has 1 saturated heterocycles. The number of hydrogen-bond acceptors (Lipinski definition) is 2. The second kappa shape index (κ2) is 5.36. The van der Waals surface area contributed by atoms with Gasteiger partial charge >= 0.3 is 0 Å². The zero-order chi connectivity index (χ0) is 11.6. The van der Waals surface area contributed by atoms with Gasteiger partial charge in [0.15, 0.2) is 0 Å². The van der Waals surface area contributed by atoms with E-state index in [4.69, 9.17) is 0 Å². The third-order valence-electron chi connectivity index (χ3n) is 4.35. The normalized spacial score (nSPS) is 38.1. The van der Waals surface area contributed by atoms with Crippen LogP contribution in [0.1, 0.15) is 39.0 Å². The van der Waals surface area contributed by atoms with Gasteiger partial charge in [-0.2, -0.15) is 0 Å². The topological polar surface area (TPSA) is 23.5 Å². The number of piperidine rings is 1. The smallest absolute Gasteiger partial charge is 0.0700 e. The maximum absolute atomic E-state index is 10.6. The second-order valence-corrected chi connectivity index (χ2v) is 6.46. The zero-order valence-electron chi connectivity index (χ0n) is 10.3. The first-order valence-electron chi connectivity index (χ1n) is 6.65. The predicted molar refractivity (Wildman–Crippen MR) is 70.9 cm³/mol. The van der Waals surface area contributed by atoms with E-state index in [1.807, 2.05) is 0 Å². The zero-order valence-corrected chi connectivity index (χ0v) is 11.9. The highest BCUT2D eigenvalue weighted by Crippen LogP contribution is 2.39. The lowest BCUT2D eigenvalue weighted by Gasteiger charge is -2.47. The van der Waals surface area contributed by atoms with E-state index < -0.39 is 0 Å². The Morgan fingerprint density at radius 2 is 2.25 bits per heavy atom. The van der Waals surface area contributed by atoms with E-state index in [1.54, 1.807) is 0 Å². The molecule has 94 valence electrons. The van der Waals surface area contributed by atoms with Crippen molar-refractivity contribution in [2.24, 2.45) is 11.8 Å². The summed E-state index contributed by atoms with van der Waals surface area (Å²) < 4.78 is 0. The molecule has 3 heteroatoms. The van der Waals surface area contributed by atoms with Gasteiger partial charge in [0.2, 0.25) is 0 Å². The molecule has 1 aliphatic carbocycles. The summed E-state index contributed by atoms with van der Waals surface area (Å²) in [4.78, 5) is 2.55. The first-order chi connectivity index (χ1) is 7.64. The van der Waals surface area contributed by atoms with Crippen molar-refractivity contribution in [2.45, 2.75) is 44.6 Å². The summed E-state index contributed by atoms with van der Waals surface area (Å²) in [6.45, 7) is 5.67. The number of hydrogen-bond donors (Lipinski definition) is 1. The van der Waals surface area contributed by atoms with Crippen LogP contribution in [0.25, 0.3) is 0 Å². The standard InChI is InChI=1S/C13H24BrNO/c1-11(8-14)9-15-7-6-13(16)5-3-2-4-12(13)10-15/h11-12,16H,2-10H2,1H3. The van der Waals surface area contributed by atoms with Gasteiger partial charge in [-0.1, -0.05) is 35.7 Å². The van der Waals surface area contributed by atoms with Crippen LogP contribution in [0.4, 0.5) is 0 Å². The molecule has 1 heterocycles.